The molecule has 11 heavy (non-hydrogen) atoms. The van der Waals surface area contributed by atoms with Crippen LogP contribution >= 0.6 is 0 Å². The minimum Gasteiger partial charge on any atom is -0.427 e. The van der Waals surface area contributed by atoms with Crippen LogP contribution in [0.4, 0.5) is 0 Å². The van der Waals surface area contributed by atoms with Gasteiger partial charge in [0.25, 0.3) is 0 Å². The molecule has 4 nitrogen and oxygen atoms in total. The second-order valence-corrected chi connectivity index (χ2v) is 2.03. The number of carbonyl (C=O) groups is 1. The summed E-state index contributed by atoms with van der Waals surface area (Å²) in [7, 11) is 0. The van der Waals surface area contributed by atoms with Crippen LogP contribution in [-0.2, 0) is 4.79 Å². The van der Waals surface area contributed by atoms with Crippen LogP contribution in [0.2, 0.25) is 0 Å². The van der Waals surface area contributed by atoms with Crippen molar-refractivity contribution in [1.82, 2.24) is 4.73 Å². The summed E-state index contributed by atoms with van der Waals surface area (Å²) >= 11 is 0. The first-order valence-corrected chi connectivity index (χ1v) is 3.12. The highest BCUT2D eigenvalue weighted by molar-refractivity contribution is 5.73. The Bertz CT molecular complexity index is 327. The van der Waals surface area contributed by atoms with Gasteiger partial charge in [-0.1, -0.05) is 6.07 Å². The lowest BCUT2D eigenvalue weighted by atomic mass is 10.5. The van der Waals surface area contributed by atoms with Crippen LogP contribution in [0, 0.1) is 0 Å². The molecule has 1 rings (SSSR count). The monoisotopic (exact) mass is 152 g/mol. The number of nitrogens with zero attached hydrogens (tertiary/aromatic N) is 2. The number of hydrogen-bond acceptors (Lipinski definition) is 2. The summed E-state index contributed by atoms with van der Waals surface area (Å²) in [6.45, 7) is 1.33. The van der Waals surface area contributed by atoms with Gasteiger partial charge in [-0.05, 0) is 12.1 Å². The topological polar surface area (TPSA) is 54.6 Å². The van der Waals surface area contributed by atoms with Crippen molar-refractivity contribution in [2.45, 2.75) is 6.92 Å². The molecule has 0 aliphatic carbocycles. The molecule has 1 aromatic rings. The Kier molecular flexibility index (Phi) is 2.06. The van der Waals surface area contributed by atoms with Crippen molar-refractivity contribution >= 4 is 5.91 Å². The van der Waals surface area contributed by atoms with E-state index in [0.717, 1.165) is 4.73 Å². The van der Waals surface area contributed by atoms with E-state index in [9.17, 15) is 4.79 Å². The number of aromatic nitrogens is 1. The summed E-state index contributed by atoms with van der Waals surface area (Å²) in [6.07, 6.45) is 1.40. The summed E-state index contributed by atoms with van der Waals surface area (Å²) in [5, 5.41) is 9.03. The lowest BCUT2D eigenvalue weighted by molar-refractivity contribution is -0.116. The average Bonchev–Trinajstić information content (AvgIpc) is 1.93. The molecule has 0 radical (unpaired) electrons. The number of amides is 1. The van der Waals surface area contributed by atoms with Crippen LogP contribution in [0.5, 0.6) is 0 Å². The van der Waals surface area contributed by atoms with E-state index in [0.29, 0.717) is 0 Å². The Morgan fingerprint density at radius 2 is 2.36 bits per heavy atom. The summed E-state index contributed by atoms with van der Waals surface area (Å²) in [6, 6.07) is 4.87. The first kappa shape index (κ1) is 7.53. The molecular weight excluding hydrogens is 144 g/mol. The van der Waals surface area contributed by atoms with Gasteiger partial charge in [0.1, 0.15) is 0 Å². The van der Waals surface area contributed by atoms with Gasteiger partial charge in [-0.25, -0.2) is 0 Å². The van der Waals surface area contributed by atoms with Gasteiger partial charge in [0.2, 0.25) is 5.91 Å². The van der Waals surface area contributed by atoms with Crippen LogP contribution in [0.25, 0.3) is 0 Å². The van der Waals surface area contributed by atoms with Crippen molar-refractivity contribution < 1.29 is 10.0 Å². The van der Waals surface area contributed by atoms with E-state index in [1.807, 2.05) is 0 Å². The van der Waals surface area contributed by atoms with E-state index in [-0.39, 0.29) is 11.4 Å². The van der Waals surface area contributed by atoms with Gasteiger partial charge in [-0.3, -0.25) is 4.79 Å². The number of hydrogen-bond donors (Lipinski definition) is 1. The van der Waals surface area contributed by atoms with Crippen molar-refractivity contribution in [3.63, 3.8) is 0 Å². The Morgan fingerprint density at radius 1 is 1.64 bits per heavy atom. The Labute approximate surface area is 63.4 Å². The summed E-state index contributed by atoms with van der Waals surface area (Å²) in [4.78, 5) is 14.0. The maximum Gasteiger partial charge on any atom is 0.244 e. The molecule has 4 heteroatoms. The van der Waals surface area contributed by atoms with Gasteiger partial charge in [0.05, 0.1) is 0 Å². The van der Waals surface area contributed by atoms with Gasteiger partial charge in [-0.15, -0.1) is 0 Å². The molecule has 0 aliphatic heterocycles. The molecule has 1 N–H and O–H groups in total. The van der Waals surface area contributed by atoms with Gasteiger partial charge < -0.3 is 5.21 Å². The van der Waals surface area contributed by atoms with E-state index in [1.165, 1.54) is 13.1 Å². The Balaban J connectivity index is 3.23. The van der Waals surface area contributed by atoms with Crippen molar-refractivity contribution in [2.24, 2.45) is 4.99 Å². The first-order valence-electron chi connectivity index (χ1n) is 3.12. The maximum absolute atomic E-state index is 10.5. The maximum atomic E-state index is 10.5. The third kappa shape index (κ3) is 1.93. The second kappa shape index (κ2) is 3.01. The van der Waals surface area contributed by atoms with E-state index in [4.69, 9.17) is 5.21 Å². The lowest BCUT2D eigenvalue weighted by Crippen LogP contribution is -2.18. The minimum absolute atomic E-state index is 0.236. The molecule has 0 saturated carbocycles. The summed E-state index contributed by atoms with van der Waals surface area (Å²) in [5.74, 6) is -0.334. The minimum atomic E-state index is -0.334. The van der Waals surface area contributed by atoms with Crippen LogP contribution in [-0.4, -0.2) is 15.8 Å². The Morgan fingerprint density at radius 3 is 2.91 bits per heavy atom. The average molecular weight is 152 g/mol. The molecule has 0 saturated heterocycles. The van der Waals surface area contributed by atoms with Crippen molar-refractivity contribution in [3.05, 3.63) is 29.9 Å². The molecule has 0 spiro atoms. The highest BCUT2D eigenvalue weighted by Crippen LogP contribution is 1.76. The molecule has 1 heterocycles. The standard InChI is InChI=1S/C7H8N2O2/c1-6(10)8-7-4-2-3-5-9(7)11/h2-5,11H,1H3. The SMILES string of the molecule is CC(=O)N=c1ccccn1O. The number of pyridine rings is 1. The van der Waals surface area contributed by atoms with Gasteiger partial charge in [0, 0.05) is 13.1 Å². The molecule has 0 aromatic carbocycles. The highest BCUT2D eigenvalue weighted by Gasteiger charge is 1.88. The highest BCUT2D eigenvalue weighted by atomic mass is 16.5. The molecule has 0 aliphatic rings. The lowest BCUT2D eigenvalue weighted by Gasteiger charge is -1.93. The normalized spacial score (nSPS) is 11.5. The molecule has 58 valence electrons. The largest absolute Gasteiger partial charge is 0.427 e. The van der Waals surface area contributed by atoms with Gasteiger partial charge in [0.15, 0.2) is 5.49 Å². The third-order valence-corrected chi connectivity index (χ3v) is 1.09. The zero-order valence-electron chi connectivity index (χ0n) is 6.06. The van der Waals surface area contributed by atoms with Crippen molar-refractivity contribution in [3.8, 4) is 0 Å². The zero-order chi connectivity index (χ0) is 8.27. The predicted octanol–water partition coefficient (Wildman–Crippen LogP) is 0.173. The van der Waals surface area contributed by atoms with E-state index >= 15 is 0 Å². The molecule has 0 unspecified atom stereocenters. The van der Waals surface area contributed by atoms with Crippen molar-refractivity contribution in [1.29, 1.82) is 0 Å². The van der Waals surface area contributed by atoms with Crippen molar-refractivity contribution in [2.75, 3.05) is 0 Å². The molecule has 1 aromatic heterocycles. The van der Waals surface area contributed by atoms with Gasteiger partial charge >= 0.3 is 0 Å². The van der Waals surface area contributed by atoms with Crippen LogP contribution in [0.1, 0.15) is 6.92 Å². The fourth-order valence-electron chi connectivity index (χ4n) is 0.675. The summed E-state index contributed by atoms with van der Waals surface area (Å²) in [5.41, 5.74) is 0.236. The van der Waals surface area contributed by atoms with Gasteiger partial charge in [-0.2, -0.15) is 9.72 Å². The molecule has 1 amide bonds. The molecule has 0 atom stereocenters. The molecular formula is C7H8N2O2. The van der Waals surface area contributed by atoms with E-state index in [1.54, 1.807) is 18.2 Å². The van der Waals surface area contributed by atoms with Crippen LogP contribution in [0.15, 0.2) is 29.4 Å². The predicted molar refractivity (Wildman–Crippen MR) is 37.9 cm³/mol. The smallest absolute Gasteiger partial charge is 0.244 e. The number of carbonyl (C=O) groups excluding carboxylic acids is 1. The number of rotatable bonds is 0. The third-order valence-electron chi connectivity index (χ3n) is 1.09. The van der Waals surface area contributed by atoms with Crippen LogP contribution < -0.4 is 5.49 Å². The first-order chi connectivity index (χ1) is 5.20. The zero-order valence-corrected chi connectivity index (χ0v) is 6.06. The quantitative estimate of drug-likeness (QED) is 0.539. The van der Waals surface area contributed by atoms with E-state index in [2.05, 4.69) is 4.99 Å². The summed E-state index contributed by atoms with van der Waals surface area (Å²) < 4.78 is 0.793. The molecule has 0 bridgehead atoms. The Hall–Kier alpha value is -1.58. The van der Waals surface area contributed by atoms with Crippen LogP contribution in [0.3, 0.4) is 0 Å². The fraction of sp³-hybridized carbons (Fsp3) is 0.143. The molecule has 0 fully saturated rings. The fourth-order valence-corrected chi connectivity index (χ4v) is 0.675. The van der Waals surface area contributed by atoms with E-state index < -0.39 is 0 Å². The second-order valence-electron chi connectivity index (χ2n) is 2.03.